The third-order valence-corrected chi connectivity index (χ3v) is 3.94. The summed E-state index contributed by atoms with van der Waals surface area (Å²) in [5.41, 5.74) is 0.904. The van der Waals surface area contributed by atoms with E-state index in [4.69, 9.17) is 4.74 Å². The van der Waals surface area contributed by atoms with E-state index in [1.807, 2.05) is 18.7 Å². The summed E-state index contributed by atoms with van der Waals surface area (Å²) < 4.78 is 5.41. The van der Waals surface area contributed by atoms with Crippen LogP contribution in [0.5, 0.6) is 0 Å². The molecule has 7 heteroatoms. The Hall–Kier alpha value is -2.15. The van der Waals surface area contributed by atoms with Crippen molar-refractivity contribution in [3.8, 4) is 0 Å². The van der Waals surface area contributed by atoms with E-state index in [0.717, 1.165) is 25.9 Å². The Labute approximate surface area is 142 Å². The highest BCUT2D eigenvalue weighted by molar-refractivity contribution is 5.95. The maximum Gasteiger partial charge on any atom is 0.293 e. The van der Waals surface area contributed by atoms with Crippen molar-refractivity contribution >= 4 is 17.3 Å². The van der Waals surface area contributed by atoms with Gasteiger partial charge in [0.15, 0.2) is 0 Å². The summed E-state index contributed by atoms with van der Waals surface area (Å²) in [4.78, 5) is 25.1. The monoisotopic (exact) mass is 335 g/mol. The highest BCUT2D eigenvalue weighted by Crippen LogP contribution is 2.31. The number of nitro benzene ring substituents is 1. The Morgan fingerprint density at radius 3 is 2.71 bits per heavy atom. The van der Waals surface area contributed by atoms with Gasteiger partial charge in [0.2, 0.25) is 0 Å². The van der Waals surface area contributed by atoms with Gasteiger partial charge in [-0.3, -0.25) is 14.9 Å². The van der Waals surface area contributed by atoms with Gasteiger partial charge in [0, 0.05) is 37.9 Å². The minimum atomic E-state index is -0.416. The molecule has 1 saturated heterocycles. The Morgan fingerprint density at radius 2 is 2.08 bits per heavy atom. The van der Waals surface area contributed by atoms with E-state index < -0.39 is 4.92 Å². The number of carbonyl (C=O) groups excluding carboxylic acids is 1. The van der Waals surface area contributed by atoms with Crippen molar-refractivity contribution < 1.29 is 14.5 Å². The maximum atomic E-state index is 12.2. The lowest BCUT2D eigenvalue weighted by Crippen LogP contribution is -2.26. The molecule has 24 heavy (non-hydrogen) atoms. The van der Waals surface area contributed by atoms with Crippen LogP contribution in [-0.4, -0.2) is 43.2 Å². The van der Waals surface area contributed by atoms with Crippen molar-refractivity contribution in [1.82, 2.24) is 5.32 Å². The number of nitrogens with zero attached hydrogens (tertiary/aromatic N) is 2. The Morgan fingerprint density at radius 1 is 1.38 bits per heavy atom. The van der Waals surface area contributed by atoms with Crippen LogP contribution in [-0.2, 0) is 4.74 Å². The van der Waals surface area contributed by atoms with Gasteiger partial charge >= 0.3 is 0 Å². The van der Waals surface area contributed by atoms with Gasteiger partial charge in [-0.25, -0.2) is 0 Å². The first-order chi connectivity index (χ1) is 11.5. The highest BCUT2D eigenvalue weighted by Gasteiger charge is 2.23. The zero-order chi connectivity index (χ0) is 17.5. The zero-order valence-electron chi connectivity index (χ0n) is 14.3. The van der Waals surface area contributed by atoms with Crippen LogP contribution >= 0.6 is 0 Å². The molecule has 1 fully saturated rings. The van der Waals surface area contributed by atoms with Gasteiger partial charge in [-0.1, -0.05) is 0 Å². The molecule has 7 nitrogen and oxygen atoms in total. The summed E-state index contributed by atoms with van der Waals surface area (Å²) >= 11 is 0. The van der Waals surface area contributed by atoms with Crippen molar-refractivity contribution in [3.63, 3.8) is 0 Å². The van der Waals surface area contributed by atoms with Crippen LogP contribution in [0.15, 0.2) is 18.2 Å². The third-order valence-electron chi connectivity index (χ3n) is 3.94. The van der Waals surface area contributed by atoms with E-state index in [-0.39, 0.29) is 17.7 Å². The van der Waals surface area contributed by atoms with E-state index in [9.17, 15) is 14.9 Å². The van der Waals surface area contributed by atoms with Gasteiger partial charge in [0.05, 0.1) is 11.0 Å². The number of anilines is 1. The molecule has 132 valence electrons. The molecule has 0 bridgehead atoms. The van der Waals surface area contributed by atoms with Crippen molar-refractivity contribution in [2.24, 2.45) is 0 Å². The lowest BCUT2D eigenvalue weighted by molar-refractivity contribution is -0.384. The van der Waals surface area contributed by atoms with E-state index in [0.29, 0.717) is 30.8 Å². The Kier molecular flexibility index (Phi) is 6.54. The quantitative estimate of drug-likeness (QED) is 0.448. The SMILES string of the molecule is CC(C)OCCCNC(=O)c1ccc(N2CCCC2)c([N+](=O)[O-])c1. The van der Waals surface area contributed by atoms with Gasteiger partial charge in [0.25, 0.3) is 11.6 Å². The smallest absolute Gasteiger partial charge is 0.293 e. The number of carbonyl (C=O) groups is 1. The average Bonchev–Trinajstić information content (AvgIpc) is 3.07. The van der Waals surface area contributed by atoms with Crippen molar-refractivity contribution in [2.45, 2.75) is 39.2 Å². The van der Waals surface area contributed by atoms with Gasteiger partial charge < -0.3 is 15.0 Å². The van der Waals surface area contributed by atoms with Crippen LogP contribution < -0.4 is 10.2 Å². The first-order valence-electron chi connectivity index (χ1n) is 8.42. The second-order valence-corrected chi connectivity index (χ2v) is 6.18. The molecule has 1 aromatic rings. The van der Waals surface area contributed by atoms with Crippen LogP contribution in [0.4, 0.5) is 11.4 Å². The summed E-state index contributed by atoms with van der Waals surface area (Å²) in [5.74, 6) is -0.296. The fraction of sp³-hybridized carbons (Fsp3) is 0.588. The first kappa shape index (κ1) is 18.2. The lowest BCUT2D eigenvalue weighted by atomic mass is 10.1. The molecule has 0 aromatic heterocycles. The Balaban J connectivity index is 1.98. The summed E-state index contributed by atoms with van der Waals surface area (Å²) in [6.07, 6.45) is 2.95. The molecule has 0 atom stereocenters. The molecule has 1 N–H and O–H groups in total. The molecule has 0 aliphatic carbocycles. The average molecular weight is 335 g/mol. The van der Waals surface area contributed by atoms with Crippen molar-refractivity contribution in [2.75, 3.05) is 31.1 Å². The molecular formula is C17H25N3O4. The normalized spacial score (nSPS) is 14.2. The second kappa shape index (κ2) is 8.63. The van der Waals surface area contributed by atoms with E-state index in [1.165, 1.54) is 6.07 Å². The topological polar surface area (TPSA) is 84.7 Å². The summed E-state index contributed by atoms with van der Waals surface area (Å²) in [7, 11) is 0. The van der Waals surface area contributed by atoms with Gasteiger partial charge in [-0.2, -0.15) is 0 Å². The summed E-state index contributed by atoms with van der Waals surface area (Å²) in [6.45, 7) is 6.61. The van der Waals surface area contributed by atoms with E-state index in [2.05, 4.69) is 5.32 Å². The number of hydrogen-bond acceptors (Lipinski definition) is 5. The molecule has 0 spiro atoms. The van der Waals surface area contributed by atoms with Gasteiger partial charge in [0.1, 0.15) is 5.69 Å². The van der Waals surface area contributed by atoms with Crippen molar-refractivity contribution in [1.29, 1.82) is 0 Å². The molecule has 0 radical (unpaired) electrons. The van der Waals surface area contributed by atoms with Crippen LogP contribution in [0.3, 0.4) is 0 Å². The molecule has 1 aliphatic heterocycles. The molecule has 1 amide bonds. The molecule has 2 rings (SSSR count). The fourth-order valence-corrected chi connectivity index (χ4v) is 2.73. The van der Waals surface area contributed by atoms with Crippen LogP contribution in [0, 0.1) is 10.1 Å². The van der Waals surface area contributed by atoms with Gasteiger partial charge in [-0.05, 0) is 45.2 Å². The number of nitrogens with one attached hydrogen (secondary N) is 1. The molecule has 0 unspecified atom stereocenters. The number of amides is 1. The predicted octanol–water partition coefficient (Wildman–Crippen LogP) is 2.74. The lowest BCUT2D eigenvalue weighted by Gasteiger charge is -2.17. The number of hydrogen-bond donors (Lipinski definition) is 1. The van der Waals surface area contributed by atoms with Gasteiger partial charge in [-0.15, -0.1) is 0 Å². The summed E-state index contributed by atoms with van der Waals surface area (Å²) in [6, 6.07) is 4.70. The van der Waals surface area contributed by atoms with Crippen molar-refractivity contribution in [3.05, 3.63) is 33.9 Å². The van der Waals surface area contributed by atoms with Crippen LogP contribution in [0.25, 0.3) is 0 Å². The molecule has 1 heterocycles. The number of rotatable bonds is 8. The van der Waals surface area contributed by atoms with E-state index >= 15 is 0 Å². The first-order valence-corrected chi connectivity index (χ1v) is 8.42. The Bertz CT molecular complexity index is 583. The largest absolute Gasteiger partial charge is 0.379 e. The fourth-order valence-electron chi connectivity index (χ4n) is 2.73. The highest BCUT2D eigenvalue weighted by atomic mass is 16.6. The standard InChI is InChI=1S/C17H25N3O4/c1-13(2)24-11-5-8-18-17(21)14-6-7-15(16(12-14)20(22)23)19-9-3-4-10-19/h6-7,12-13H,3-5,8-11H2,1-2H3,(H,18,21). The minimum Gasteiger partial charge on any atom is -0.379 e. The van der Waals surface area contributed by atoms with Crippen LogP contribution in [0.2, 0.25) is 0 Å². The predicted molar refractivity (Wildman–Crippen MR) is 92.6 cm³/mol. The molecule has 1 aliphatic rings. The maximum absolute atomic E-state index is 12.2. The number of nitro groups is 1. The molecule has 1 aromatic carbocycles. The molecular weight excluding hydrogens is 310 g/mol. The minimum absolute atomic E-state index is 0.00677. The van der Waals surface area contributed by atoms with E-state index in [1.54, 1.807) is 12.1 Å². The van der Waals surface area contributed by atoms with Crippen LogP contribution in [0.1, 0.15) is 43.5 Å². The third kappa shape index (κ3) is 4.92. The second-order valence-electron chi connectivity index (χ2n) is 6.18. The zero-order valence-corrected chi connectivity index (χ0v) is 14.3. The number of ether oxygens (including phenoxy) is 1. The molecule has 0 saturated carbocycles. The summed E-state index contributed by atoms with van der Waals surface area (Å²) in [5, 5.41) is 14.1. The number of benzene rings is 1.